The van der Waals surface area contributed by atoms with Gasteiger partial charge in [0.25, 0.3) is 0 Å². The van der Waals surface area contributed by atoms with Gasteiger partial charge in [0.05, 0.1) is 9.35 Å². The molecule has 0 saturated heterocycles. The number of carboxylic acids is 2. The maximum absolute atomic E-state index is 11.6. The fourth-order valence-electron chi connectivity index (χ4n) is 2.25. The van der Waals surface area contributed by atoms with Crippen LogP contribution in [0.2, 0.25) is 0 Å². The van der Waals surface area contributed by atoms with Crippen molar-refractivity contribution in [1.29, 1.82) is 0 Å². The molecule has 1 heterocycles. The van der Waals surface area contributed by atoms with Crippen molar-refractivity contribution in [2.24, 2.45) is 0 Å². The zero-order chi connectivity index (χ0) is 20.8. The second-order valence-electron chi connectivity index (χ2n) is 6.07. The van der Waals surface area contributed by atoms with Crippen molar-refractivity contribution < 1.29 is 29.3 Å². The highest BCUT2D eigenvalue weighted by Crippen LogP contribution is 2.45. The molecule has 0 fully saturated rings. The van der Waals surface area contributed by atoms with Gasteiger partial charge < -0.3 is 25.6 Å². The number of carboxylic acid groups (broad SMARTS) is 2. The van der Waals surface area contributed by atoms with Gasteiger partial charge in [-0.2, -0.15) is 0 Å². The number of aliphatic carboxylic acids is 1. The molecule has 0 aliphatic rings. The van der Waals surface area contributed by atoms with Crippen molar-refractivity contribution in [2.75, 3.05) is 6.61 Å². The molecule has 1 aromatic carbocycles. The fourth-order valence-corrected chi connectivity index (χ4v) is 4.15. The van der Waals surface area contributed by atoms with E-state index >= 15 is 0 Å². The van der Waals surface area contributed by atoms with Crippen molar-refractivity contribution in [3.63, 3.8) is 0 Å². The fraction of sp³-hybridized carbons (Fsp3) is 0.278. The summed E-state index contributed by atoms with van der Waals surface area (Å²) in [7, 11) is 0. The molecule has 2 amide bonds. The first-order chi connectivity index (χ1) is 13.2. The molecule has 8 nitrogen and oxygen atoms in total. The van der Waals surface area contributed by atoms with E-state index in [0.717, 1.165) is 22.5 Å². The first-order valence-electron chi connectivity index (χ1n) is 8.23. The minimum atomic E-state index is -1.20. The van der Waals surface area contributed by atoms with Crippen molar-refractivity contribution in [2.45, 2.75) is 26.4 Å². The normalized spacial score (nSPS) is 10.6. The molecule has 10 heteroatoms. The summed E-state index contributed by atoms with van der Waals surface area (Å²) < 4.78 is 5.53. The molecule has 1 aromatic heterocycles. The first kappa shape index (κ1) is 21.7. The molecule has 0 saturated carbocycles. The van der Waals surface area contributed by atoms with Crippen LogP contribution < -0.4 is 15.4 Å². The van der Waals surface area contributed by atoms with Gasteiger partial charge in [-0.1, -0.05) is 24.3 Å². The number of ether oxygens (including phenoxy) is 1. The van der Waals surface area contributed by atoms with Crippen LogP contribution in [0.3, 0.4) is 0 Å². The molecule has 0 atom stereocenters. The third kappa shape index (κ3) is 5.70. The summed E-state index contributed by atoms with van der Waals surface area (Å²) in [4.78, 5) is 34.3. The van der Waals surface area contributed by atoms with Gasteiger partial charge in [-0.25, -0.2) is 14.4 Å². The molecule has 0 aliphatic heterocycles. The van der Waals surface area contributed by atoms with E-state index in [0.29, 0.717) is 15.9 Å². The highest BCUT2D eigenvalue weighted by atomic mass is 79.9. The predicted octanol–water partition coefficient (Wildman–Crippen LogP) is 3.55. The largest absolute Gasteiger partial charge is 0.479 e. The Hall–Kier alpha value is -2.59. The molecule has 4 N–H and O–H groups in total. The Labute approximate surface area is 173 Å². The molecule has 28 heavy (non-hydrogen) atoms. The lowest BCUT2D eigenvalue weighted by atomic mass is 10.1. The summed E-state index contributed by atoms with van der Waals surface area (Å²) in [5, 5.41) is 23.6. The van der Waals surface area contributed by atoms with Gasteiger partial charge in [-0.3, -0.25) is 0 Å². The summed E-state index contributed by atoms with van der Waals surface area (Å²) in [5.41, 5.74) is 1.61. The molecular formula is C18H19BrN2O6S. The quantitative estimate of drug-likeness (QED) is 0.467. The number of hydrogen-bond donors (Lipinski definition) is 4. The summed E-state index contributed by atoms with van der Waals surface area (Å²) in [5.74, 6) is -2.41. The van der Waals surface area contributed by atoms with Crippen LogP contribution in [0.4, 0.5) is 4.79 Å². The van der Waals surface area contributed by atoms with Crippen LogP contribution in [-0.2, 0) is 11.3 Å². The Morgan fingerprint density at radius 1 is 1.18 bits per heavy atom. The Bertz CT molecular complexity index is 879. The number of halogens is 1. The van der Waals surface area contributed by atoms with Crippen molar-refractivity contribution in [1.82, 2.24) is 10.6 Å². The Morgan fingerprint density at radius 3 is 2.36 bits per heavy atom. The zero-order valence-electron chi connectivity index (χ0n) is 15.1. The second kappa shape index (κ2) is 9.56. The number of amides is 2. The van der Waals surface area contributed by atoms with Crippen LogP contribution in [0.5, 0.6) is 5.75 Å². The highest BCUT2D eigenvalue weighted by Gasteiger charge is 2.24. The van der Waals surface area contributed by atoms with Gasteiger partial charge in [0.2, 0.25) is 0 Å². The second-order valence-corrected chi connectivity index (χ2v) is 7.88. The minimum absolute atomic E-state index is 0.00833. The number of hydrogen-bond acceptors (Lipinski definition) is 5. The average Bonchev–Trinajstić information content (AvgIpc) is 2.95. The van der Waals surface area contributed by atoms with E-state index in [1.165, 1.54) is 0 Å². The number of carbonyl (C=O) groups excluding carboxylic acids is 1. The van der Waals surface area contributed by atoms with Gasteiger partial charge in [0.1, 0.15) is 0 Å². The molecular weight excluding hydrogens is 452 g/mol. The number of aromatic carboxylic acids is 1. The van der Waals surface area contributed by atoms with Crippen LogP contribution in [0.1, 0.15) is 29.1 Å². The zero-order valence-corrected chi connectivity index (χ0v) is 17.5. The molecule has 0 aliphatic carbocycles. The van der Waals surface area contributed by atoms with Crippen molar-refractivity contribution >= 4 is 45.2 Å². The molecule has 0 radical (unpaired) electrons. The smallest absolute Gasteiger partial charge is 0.349 e. The summed E-state index contributed by atoms with van der Waals surface area (Å²) in [6.07, 6.45) is 0. The maximum atomic E-state index is 11.6. The van der Waals surface area contributed by atoms with Gasteiger partial charge in [-0.15, -0.1) is 11.3 Å². The van der Waals surface area contributed by atoms with E-state index in [4.69, 9.17) is 9.84 Å². The number of urea groups is 1. The highest BCUT2D eigenvalue weighted by molar-refractivity contribution is 9.10. The summed E-state index contributed by atoms with van der Waals surface area (Å²) >= 11 is 4.30. The monoisotopic (exact) mass is 470 g/mol. The number of carbonyl (C=O) groups is 3. The lowest BCUT2D eigenvalue weighted by Crippen LogP contribution is -2.38. The molecule has 2 aromatic rings. The van der Waals surface area contributed by atoms with E-state index in [-0.39, 0.29) is 22.7 Å². The SMILES string of the molecule is CC(C)NC(=O)NCc1ccc(-c2sc(C(=O)O)c(OCC(=O)O)c2Br)cc1. The molecule has 0 spiro atoms. The van der Waals surface area contributed by atoms with Crippen LogP contribution in [-0.4, -0.2) is 40.8 Å². The molecule has 150 valence electrons. The lowest BCUT2D eigenvalue weighted by molar-refractivity contribution is -0.139. The van der Waals surface area contributed by atoms with Crippen LogP contribution >= 0.6 is 27.3 Å². The standard InChI is InChI=1S/C18H19BrN2O6S/c1-9(2)21-18(26)20-7-10-3-5-11(6-4-10)15-13(19)14(27-8-12(22)23)16(28-15)17(24)25/h3-6,9H,7-8H2,1-2H3,(H,22,23)(H,24,25)(H2,20,21,26). The Morgan fingerprint density at radius 2 is 1.82 bits per heavy atom. The van der Waals surface area contributed by atoms with Gasteiger partial charge in [0.15, 0.2) is 17.2 Å². The first-order valence-corrected chi connectivity index (χ1v) is 9.83. The van der Waals surface area contributed by atoms with E-state index in [1.807, 2.05) is 26.0 Å². The Balaban J connectivity index is 2.18. The van der Waals surface area contributed by atoms with E-state index in [2.05, 4.69) is 26.6 Å². The Kier molecular flexibility index (Phi) is 7.41. The van der Waals surface area contributed by atoms with Crippen LogP contribution in [0, 0.1) is 0 Å². The molecule has 0 bridgehead atoms. The molecule has 0 unspecified atom stereocenters. The van der Waals surface area contributed by atoms with Crippen LogP contribution in [0.15, 0.2) is 28.7 Å². The predicted molar refractivity (Wildman–Crippen MR) is 108 cm³/mol. The van der Waals surface area contributed by atoms with Gasteiger partial charge >= 0.3 is 18.0 Å². The topological polar surface area (TPSA) is 125 Å². The maximum Gasteiger partial charge on any atom is 0.349 e. The summed E-state index contributed by atoms with van der Waals surface area (Å²) in [6, 6.07) is 7.00. The average molecular weight is 471 g/mol. The third-order valence-corrected chi connectivity index (χ3v) is 5.66. The summed E-state index contributed by atoms with van der Waals surface area (Å²) in [6.45, 7) is 3.44. The lowest BCUT2D eigenvalue weighted by Gasteiger charge is -2.10. The minimum Gasteiger partial charge on any atom is -0.479 e. The van der Waals surface area contributed by atoms with Crippen molar-refractivity contribution in [3.8, 4) is 16.2 Å². The number of rotatable bonds is 8. The van der Waals surface area contributed by atoms with E-state index in [1.54, 1.807) is 12.1 Å². The van der Waals surface area contributed by atoms with E-state index < -0.39 is 18.5 Å². The van der Waals surface area contributed by atoms with Gasteiger partial charge in [0, 0.05) is 12.6 Å². The van der Waals surface area contributed by atoms with Gasteiger partial charge in [-0.05, 0) is 40.9 Å². The third-order valence-electron chi connectivity index (χ3n) is 3.43. The van der Waals surface area contributed by atoms with Crippen LogP contribution in [0.25, 0.3) is 10.4 Å². The number of benzene rings is 1. The number of nitrogens with one attached hydrogen (secondary N) is 2. The van der Waals surface area contributed by atoms with Crippen molar-refractivity contribution in [3.05, 3.63) is 39.2 Å². The van der Waals surface area contributed by atoms with E-state index in [9.17, 15) is 19.5 Å². The number of thiophene rings is 1. The molecule has 2 rings (SSSR count).